The van der Waals surface area contributed by atoms with E-state index < -0.39 is 18.0 Å². The number of hydrogen-bond donors (Lipinski definition) is 2. The number of hydrogen-bond acceptors (Lipinski definition) is 3. The quantitative estimate of drug-likeness (QED) is 0.671. The molecule has 0 spiro atoms. The van der Waals surface area contributed by atoms with Crippen LogP contribution in [-0.2, 0) is 4.79 Å². The molecule has 0 aromatic heterocycles. The number of amides is 3. The number of rotatable bonds is 1. The Kier molecular flexibility index (Phi) is 5.78. The maximum absolute atomic E-state index is 11.4. The summed E-state index contributed by atoms with van der Waals surface area (Å²) in [5, 5.41) is 0. The van der Waals surface area contributed by atoms with Gasteiger partial charge in [0.25, 0.3) is 0 Å². The van der Waals surface area contributed by atoms with E-state index in [1.807, 2.05) is 20.8 Å². The fourth-order valence-electron chi connectivity index (χ4n) is 0.688. The molecule has 0 saturated carbocycles. The molecule has 0 heterocycles. The van der Waals surface area contributed by atoms with Gasteiger partial charge in [-0.15, -0.1) is 12.4 Å². The molecule has 0 bridgehead atoms. The standard InChI is InChI=1S/C8H17N3O2.ClH/c1-8(2,3)5(9)6(12)11(4)7(10)13;/h5H,9H2,1-4H3,(H2,10,13);1H/t5-;/m1./s1. The van der Waals surface area contributed by atoms with Crippen molar-refractivity contribution in [3.05, 3.63) is 0 Å². The van der Waals surface area contributed by atoms with Crippen molar-refractivity contribution in [1.82, 2.24) is 4.90 Å². The van der Waals surface area contributed by atoms with Crippen molar-refractivity contribution in [2.45, 2.75) is 26.8 Å². The first-order chi connectivity index (χ1) is 5.68. The van der Waals surface area contributed by atoms with E-state index in [4.69, 9.17) is 11.5 Å². The Balaban J connectivity index is 0. The summed E-state index contributed by atoms with van der Waals surface area (Å²) in [4.78, 5) is 22.9. The van der Waals surface area contributed by atoms with Crippen LogP contribution in [0.25, 0.3) is 0 Å². The lowest BCUT2D eigenvalue weighted by Crippen LogP contribution is -2.52. The van der Waals surface area contributed by atoms with Gasteiger partial charge in [-0.05, 0) is 5.41 Å². The van der Waals surface area contributed by atoms with Crippen molar-refractivity contribution in [3.8, 4) is 0 Å². The lowest BCUT2D eigenvalue weighted by atomic mass is 9.87. The van der Waals surface area contributed by atoms with E-state index in [1.54, 1.807) is 0 Å². The van der Waals surface area contributed by atoms with Gasteiger partial charge in [-0.25, -0.2) is 4.79 Å². The minimum Gasteiger partial charge on any atom is -0.351 e. The summed E-state index contributed by atoms with van der Waals surface area (Å²) in [6, 6.07) is -1.50. The van der Waals surface area contributed by atoms with Gasteiger partial charge in [-0.1, -0.05) is 20.8 Å². The highest BCUT2D eigenvalue weighted by Crippen LogP contribution is 2.18. The highest BCUT2D eigenvalue weighted by molar-refractivity contribution is 5.96. The van der Waals surface area contributed by atoms with Crippen LogP contribution in [0.5, 0.6) is 0 Å². The second kappa shape index (κ2) is 5.17. The zero-order chi connectivity index (χ0) is 10.8. The van der Waals surface area contributed by atoms with E-state index in [1.165, 1.54) is 7.05 Å². The maximum Gasteiger partial charge on any atom is 0.321 e. The van der Waals surface area contributed by atoms with E-state index in [2.05, 4.69) is 0 Å². The van der Waals surface area contributed by atoms with Gasteiger partial charge in [0.1, 0.15) is 0 Å². The van der Waals surface area contributed by atoms with E-state index in [0.717, 1.165) is 4.90 Å². The first kappa shape index (κ1) is 15.7. The number of halogens is 1. The molecule has 6 heteroatoms. The Bertz CT molecular complexity index is 225. The maximum atomic E-state index is 11.4. The number of likely N-dealkylation sites (N-methyl/N-ethyl adjacent to an activating group) is 1. The number of nitrogens with two attached hydrogens (primary N) is 2. The Labute approximate surface area is 90.2 Å². The third kappa shape index (κ3) is 3.93. The first-order valence-electron chi connectivity index (χ1n) is 4.00. The molecule has 0 aliphatic heterocycles. The van der Waals surface area contributed by atoms with Crippen molar-refractivity contribution >= 4 is 24.3 Å². The van der Waals surface area contributed by atoms with Gasteiger partial charge in [0.05, 0.1) is 6.04 Å². The molecule has 5 nitrogen and oxygen atoms in total. The van der Waals surface area contributed by atoms with Crippen LogP contribution < -0.4 is 11.5 Å². The van der Waals surface area contributed by atoms with Gasteiger partial charge in [-0.2, -0.15) is 0 Å². The van der Waals surface area contributed by atoms with E-state index in [-0.39, 0.29) is 17.8 Å². The Morgan fingerprint density at radius 1 is 1.29 bits per heavy atom. The number of carbonyl (C=O) groups is 2. The molecular weight excluding hydrogens is 206 g/mol. The van der Waals surface area contributed by atoms with Gasteiger partial charge < -0.3 is 11.5 Å². The van der Waals surface area contributed by atoms with Crippen LogP contribution in [0.1, 0.15) is 20.8 Å². The topological polar surface area (TPSA) is 89.4 Å². The predicted octanol–water partition coefficient (Wildman–Crippen LogP) is 0.319. The monoisotopic (exact) mass is 223 g/mol. The van der Waals surface area contributed by atoms with Crippen LogP contribution in [0.15, 0.2) is 0 Å². The predicted molar refractivity (Wildman–Crippen MR) is 57.0 cm³/mol. The zero-order valence-corrected chi connectivity index (χ0v) is 9.72. The number of imide groups is 1. The fraction of sp³-hybridized carbons (Fsp3) is 0.750. The van der Waals surface area contributed by atoms with Crippen LogP contribution in [0.2, 0.25) is 0 Å². The summed E-state index contributed by atoms with van der Waals surface area (Å²) in [7, 11) is 1.32. The molecule has 0 aromatic carbocycles. The summed E-state index contributed by atoms with van der Waals surface area (Å²) >= 11 is 0. The van der Waals surface area contributed by atoms with Gasteiger partial charge >= 0.3 is 6.03 Å². The number of primary amides is 1. The van der Waals surface area contributed by atoms with E-state index in [0.29, 0.717) is 0 Å². The summed E-state index contributed by atoms with van der Waals surface area (Å²) in [5.74, 6) is -0.458. The normalized spacial score (nSPS) is 12.6. The summed E-state index contributed by atoms with van der Waals surface area (Å²) in [6.45, 7) is 5.47. The van der Waals surface area contributed by atoms with Crippen LogP contribution in [0.4, 0.5) is 4.79 Å². The molecule has 3 amide bonds. The van der Waals surface area contributed by atoms with Gasteiger partial charge in [0.15, 0.2) is 0 Å². The second-order valence-corrected chi connectivity index (χ2v) is 4.08. The highest BCUT2D eigenvalue weighted by atomic mass is 35.5. The minimum atomic E-state index is -0.787. The number of nitrogens with zero attached hydrogens (tertiary/aromatic N) is 1. The fourth-order valence-corrected chi connectivity index (χ4v) is 0.688. The molecule has 0 unspecified atom stereocenters. The zero-order valence-electron chi connectivity index (χ0n) is 8.90. The molecule has 84 valence electrons. The van der Waals surface area contributed by atoms with Crippen molar-refractivity contribution in [1.29, 1.82) is 0 Å². The second-order valence-electron chi connectivity index (χ2n) is 4.08. The minimum absolute atomic E-state index is 0. The Morgan fingerprint density at radius 3 is 1.86 bits per heavy atom. The molecule has 0 rings (SSSR count). The van der Waals surface area contributed by atoms with Crippen molar-refractivity contribution < 1.29 is 9.59 Å². The molecule has 0 aromatic rings. The van der Waals surface area contributed by atoms with Gasteiger partial charge in [-0.3, -0.25) is 9.69 Å². The Morgan fingerprint density at radius 2 is 1.64 bits per heavy atom. The third-order valence-electron chi connectivity index (χ3n) is 1.86. The molecule has 1 atom stereocenters. The molecular formula is C8H18ClN3O2. The van der Waals surface area contributed by atoms with E-state index in [9.17, 15) is 9.59 Å². The van der Waals surface area contributed by atoms with Crippen LogP contribution in [0, 0.1) is 5.41 Å². The molecule has 0 saturated heterocycles. The molecule has 4 N–H and O–H groups in total. The average molecular weight is 224 g/mol. The molecule has 0 radical (unpaired) electrons. The van der Waals surface area contributed by atoms with Crippen LogP contribution >= 0.6 is 12.4 Å². The molecule has 0 aliphatic rings. The lowest BCUT2D eigenvalue weighted by Gasteiger charge is -2.28. The molecule has 0 fully saturated rings. The summed E-state index contributed by atoms with van der Waals surface area (Å²) in [6.07, 6.45) is 0. The third-order valence-corrected chi connectivity index (χ3v) is 1.86. The van der Waals surface area contributed by atoms with Crippen LogP contribution in [0.3, 0.4) is 0 Å². The largest absolute Gasteiger partial charge is 0.351 e. The first-order valence-corrected chi connectivity index (χ1v) is 4.00. The number of urea groups is 1. The van der Waals surface area contributed by atoms with Crippen molar-refractivity contribution in [3.63, 3.8) is 0 Å². The average Bonchev–Trinajstić information content (AvgIpc) is 1.98. The smallest absolute Gasteiger partial charge is 0.321 e. The highest BCUT2D eigenvalue weighted by Gasteiger charge is 2.31. The Hall–Kier alpha value is -0.810. The van der Waals surface area contributed by atoms with E-state index >= 15 is 0 Å². The number of carbonyl (C=O) groups excluding carboxylic acids is 2. The van der Waals surface area contributed by atoms with Crippen molar-refractivity contribution in [2.75, 3.05) is 7.05 Å². The summed E-state index contributed by atoms with van der Waals surface area (Å²) in [5.41, 5.74) is 10.2. The lowest BCUT2D eigenvalue weighted by molar-refractivity contribution is -0.130. The van der Waals surface area contributed by atoms with Gasteiger partial charge in [0, 0.05) is 7.05 Å². The molecule has 0 aliphatic carbocycles. The van der Waals surface area contributed by atoms with Crippen molar-refractivity contribution in [2.24, 2.45) is 16.9 Å². The SMILES string of the molecule is CN(C(N)=O)C(=O)[C@@H](N)C(C)(C)C.Cl. The summed E-state index contributed by atoms with van der Waals surface area (Å²) < 4.78 is 0. The molecule has 14 heavy (non-hydrogen) atoms. The van der Waals surface area contributed by atoms with Gasteiger partial charge in [0.2, 0.25) is 5.91 Å². The van der Waals surface area contributed by atoms with Crippen LogP contribution in [-0.4, -0.2) is 29.9 Å².